The van der Waals surface area contributed by atoms with E-state index in [0.29, 0.717) is 35.7 Å². The highest BCUT2D eigenvalue weighted by Gasteiger charge is 2.52. The van der Waals surface area contributed by atoms with Gasteiger partial charge in [0.15, 0.2) is 13.2 Å². The van der Waals surface area contributed by atoms with Gasteiger partial charge in [-0.1, -0.05) is 25.0 Å². The van der Waals surface area contributed by atoms with Gasteiger partial charge in [0, 0.05) is 0 Å². The number of nitrogens with zero attached hydrogens (tertiary/aromatic N) is 1. The molecule has 164 valence electrons. The topological polar surface area (TPSA) is 114 Å². The summed E-state index contributed by atoms with van der Waals surface area (Å²) in [6.45, 7) is -0.640. The molecule has 2 N–H and O–H groups in total. The Balaban J connectivity index is 1.35. The van der Waals surface area contributed by atoms with Crippen LogP contribution in [0, 0.1) is 0 Å². The van der Waals surface area contributed by atoms with Crippen LogP contribution in [0.15, 0.2) is 42.5 Å². The van der Waals surface area contributed by atoms with Crippen molar-refractivity contribution in [3.05, 3.63) is 48.0 Å². The number of anilines is 3. The van der Waals surface area contributed by atoms with Crippen molar-refractivity contribution in [2.75, 3.05) is 28.7 Å². The fourth-order valence-electron chi connectivity index (χ4n) is 4.61. The lowest BCUT2D eigenvalue weighted by Gasteiger charge is -2.44. The summed E-state index contributed by atoms with van der Waals surface area (Å²) in [5, 5.41) is 5.56. The van der Waals surface area contributed by atoms with Crippen LogP contribution in [0.3, 0.4) is 0 Å². The number of hydrogen-bond donors (Lipinski definition) is 2. The molecule has 0 unspecified atom stereocenters. The lowest BCUT2D eigenvalue weighted by molar-refractivity contribution is -0.129. The molecule has 1 spiro atoms. The van der Waals surface area contributed by atoms with Crippen molar-refractivity contribution in [3.8, 4) is 5.75 Å². The van der Waals surface area contributed by atoms with Gasteiger partial charge in [0.2, 0.25) is 0 Å². The molecule has 9 nitrogen and oxygen atoms in total. The molecule has 32 heavy (non-hydrogen) atoms. The van der Waals surface area contributed by atoms with Gasteiger partial charge >= 0.3 is 5.97 Å². The Morgan fingerprint density at radius 3 is 2.62 bits per heavy atom. The van der Waals surface area contributed by atoms with Crippen molar-refractivity contribution >= 4 is 40.8 Å². The van der Waals surface area contributed by atoms with Crippen molar-refractivity contribution in [2.24, 2.45) is 0 Å². The normalized spacial score (nSPS) is 18.2. The first-order chi connectivity index (χ1) is 15.5. The van der Waals surface area contributed by atoms with Gasteiger partial charge in [-0.3, -0.25) is 19.3 Å². The van der Waals surface area contributed by atoms with E-state index in [4.69, 9.17) is 9.47 Å². The highest BCUT2D eigenvalue weighted by molar-refractivity contribution is 6.15. The lowest BCUT2D eigenvalue weighted by atomic mass is 9.90. The number of fused-ring (bicyclic) bond motifs is 2. The van der Waals surface area contributed by atoms with Crippen LogP contribution in [-0.2, 0) is 19.1 Å². The minimum absolute atomic E-state index is 0.136. The van der Waals surface area contributed by atoms with Gasteiger partial charge in [0.05, 0.1) is 22.6 Å². The fourth-order valence-corrected chi connectivity index (χ4v) is 4.61. The maximum atomic E-state index is 13.3. The number of amides is 3. The van der Waals surface area contributed by atoms with Gasteiger partial charge < -0.3 is 20.1 Å². The second-order valence-electron chi connectivity index (χ2n) is 8.06. The molecule has 0 bridgehead atoms. The first kappa shape index (κ1) is 20.0. The number of carbonyl (C=O) groups is 4. The summed E-state index contributed by atoms with van der Waals surface area (Å²) in [5.41, 5.74) is 0.861. The molecule has 2 aromatic rings. The lowest BCUT2D eigenvalue weighted by Crippen LogP contribution is -2.61. The molecule has 1 aliphatic carbocycles. The van der Waals surface area contributed by atoms with E-state index in [-0.39, 0.29) is 24.0 Å². The zero-order valence-electron chi connectivity index (χ0n) is 17.2. The summed E-state index contributed by atoms with van der Waals surface area (Å²) in [7, 11) is 0. The van der Waals surface area contributed by atoms with Gasteiger partial charge in [-0.2, -0.15) is 0 Å². The molecule has 0 aromatic heterocycles. The Bertz CT molecular complexity index is 1140. The van der Waals surface area contributed by atoms with E-state index in [1.54, 1.807) is 30.3 Å². The average molecular weight is 435 g/mol. The number of rotatable bonds is 3. The van der Waals surface area contributed by atoms with Gasteiger partial charge in [0.25, 0.3) is 17.7 Å². The molecule has 3 amide bonds. The van der Waals surface area contributed by atoms with Crippen LogP contribution in [0.25, 0.3) is 0 Å². The highest BCUT2D eigenvalue weighted by Crippen LogP contribution is 2.45. The first-order valence-electron chi connectivity index (χ1n) is 10.5. The molecular weight excluding hydrogens is 414 g/mol. The molecule has 1 fully saturated rings. The summed E-state index contributed by atoms with van der Waals surface area (Å²) in [5.74, 6) is -1.27. The highest BCUT2D eigenvalue weighted by atomic mass is 16.5. The molecule has 1 saturated carbocycles. The SMILES string of the molecule is O=C1COc2cc(C(=O)OCC(=O)N3c4ccccc4NC(=O)C34CCCC4)ccc2N1. The molecule has 3 aliphatic rings. The summed E-state index contributed by atoms with van der Waals surface area (Å²) >= 11 is 0. The maximum absolute atomic E-state index is 13.3. The second-order valence-corrected chi connectivity index (χ2v) is 8.06. The van der Waals surface area contributed by atoms with Crippen LogP contribution in [-0.4, -0.2) is 42.4 Å². The smallest absolute Gasteiger partial charge is 0.338 e. The number of ether oxygens (including phenoxy) is 2. The van der Waals surface area contributed by atoms with E-state index in [0.717, 1.165) is 12.8 Å². The van der Waals surface area contributed by atoms with Crippen LogP contribution in [0.5, 0.6) is 5.75 Å². The van der Waals surface area contributed by atoms with Gasteiger partial charge in [-0.25, -0.2) is 4.79 Å². The molecule has 2 aliphatic heterocycles. The molecule has 0 atom stereocenters. The molecule has 2 aromatic carbocycles. The van der Waals surface area contributed by atoms with E-state index in [1.807, 2.05) is 0 Å². The first-order valence-corrected chi connectivity index (χ1v) is 10.5. The summed E-state index contributed by atoms with van der Waals surface area (Å²) in [6.07, 6.45) is 2.79. The fraction of sp³-hybridized carbons (Fsp3) is 0.304. The number of carbonyl (C=O) groups excluding carboxylic acids is 4. The third-order valence-corrected chi connectivity index (χ3v) is 6.10. The maximum Gasteiger partial charge on any atom is 0.338 e. The molecule has 0 saturated heterocycles. The van der Waals surface area contributed by atoms with Gasteiger partial charge in [-0.05, 0) is 43.2 Å². The standard InChI is InChI=1S/C23H21N3O6/c27-19-12-31-18-11-14(7-8-16(18)24-19)21(29)32-13-20(28)26-17-6-2-1-5-15(17)25-22(30)23(26)9-3-4-10-23/h1-2,5-8,11H,3-4,9-10,12-13H2,(H,24,27)(H,25,30). The van der Waals surface area contributed by atoms with E-state index in [9.17, 15) is 19.2 Å². The summed E-state index contributed by atoms with van der Waals surface area (Å²) < 4.78 is 10.6. The third-order valence-electron chi connectivity index (χ3n) is 6.10. The number of nitrogens with one attached hydrogen (secondary N) is 2. The molecule has 9 heteroatoms. The van der Waals surface area contributed by atoms with Crippen molar-refractivity contribution in [1.82, 2.24) is 0 Å². The van der Waals surface area contributed by atoms with Crippen LogP contribution in [0.2, 0.25) is 0 Å². The monoisotopic (exact) mass is 435 g/mol. The molecular formula is C23H21N3O6. The van der Waals surface area contributed by atoms with Crippen LogP contribution >= 0.6 is 0 Å². The zero-order chi connectivity index (χ0) is 22.3. The number of benzene rings is 2. The van der Waals surface area contributed by atoms with Crippen molar-refractivity contribution in [3.63, 3.8) is 0 Å². The molecule has 0 radical (unpaired) electrons. The summed E-state index contributed by atoms with van der Waals surface area (Å²) in [6, 6.07) is 11.6. The van der Waals surface area contributed by atoms with E-state index < -0.39 is 24.0 Å². The number of hydrogen-bond acceptors (Lipinski definition) is 6. The largest absolute Gasteiger partial charge is 0.482 e. The molecule has 5 rings (SSSR count). The molecule has 2 heterocycles. The van der Waals surface area contributed by atoms with Crippen LogP contribution < -0.4 is 20.3 Å². The Morgan fingerprint density at radius 2 is 1.81 bits per heavy atom. The number of esters is 1. The third kappa shape index (κ3) is 3.26. The van der Waals surface area contributed by atoms with Crippen LogP contribution in [0.1, 0.15) is 36.0 Å². The van der Waals surface area contributed by atoms with Crippen molar-refractivity contribution in [2.45, 2.75) is 31.2 Å². The van der Waals surface area contributed by atoms with E-state index in [2.05, 4.69) is 10.6 Å². The van der Waals surface area contributed by atoms with Crippen LogP contribution in [0.4, 0.5) is 17.1 Å². The predicted octanol–water partition coefficient (Wildman–Crippen LogP) is 2.47. The van der Waals surface area contributed by atoms with Gasteiger partial charge in [-0.15, -0.1) is 0 Å². The van der Waals surface area contributed by atoms with Crippen molar-refractivity contribution < 1.29 is 28.7 Å². The minimum Gasteiger partial charge on any atom is -0.482 e. The van der Waals surface area contributed by atoms with E-state index in [1.165, 1.54) is 17.0 Å². The van der Waals surface area contributed by atoms with Crippen molar-refractivity contribution in [1.29, 1.82) is 0 Å². The number of para-hydroxylation sites is 2. The van der Waals surface area contributed by atoms with E-state index >= 15 is 0 Å². The Labute approximate surface area is 183 Å². The Kier molecular flexibility index (Phi) is 4.80. The Hall–Kier alpha value is -3.88. The quantitative estimate of drug-likeness (QED) is 0.716. The summed E-state index contributed by atoms with van der Waals surface area (Å²) in [4.78, 5) is 51.7. The average Bonchev–Trinajstić information content (AvgIpc) is 3.28. The van der Waals surface area contributed by atoms with Gasteiger partial charge in [0.1, 0.15) is 11.3 Å². The minimum atomic E-state index is -0.963. The zero-order valence-corrected chi connectivity index (χ0v) is 17.2. The predicted molar refractivity (Wildman–Crippen MR) is 115 cm³/mol. The second kappa shape index (κ2) is 7.67. The Morgan fingerprint density at radius 1 is 1.03 bits per heavy atom.